The first-order valence-electron chi connectivity index (χ1n) is 5.67. The van der Waals surface area contributed by atoms with Gasteiger partial charge >= 0.3 is 0 Å². The number of aryl methyl sites for hydroxylation is 2. The zero-order valence-electron chi connectivity index (χ0n) is 10.5. The number of carbonyl (C=O) groups is 1. The summed E-state index contributed by atoms with van der Waals surface area (Å²) in [5.74, 6) is -0.787. The molecule has 1 aromatic heterocycles. The van der Waals surface area contributed by atoms with Gasteiger partial charge in [0, 0.05) is 5.56 Å². The first-order valence-corrected chi connectivity index (χ1v) is 6.05. The van der Waals surface area contributed by atoms with Gasteiger partial charge in [-0.15, -0.1) is 0 Å². The van der Waals surface area contributed by atoms with Crippen LogP contribution in [0.3, 0.4) is 0 Å². The Morgan fingerprint density at radius 2 is 2.00 bits per heavy atom. The van der Waals surface area contributed by atoms with Gasteiger partial charge in [0.05, 0.1) is 11.9 Å². The van der Waals surface area contributed by atoms with Crippen LogP contribution in [-0.2, 0) is 0 Å². The average Bonchev–Trinajstić information content (AvgIpc) is 2.36. The van der Waals surface area contributed by atoms with E-state index in [9.17, 15) is 9.18 Å². The van der Waals surface area contributed by atoms with E-state index in [2.05, 4.69) is 10.3 Å². The Hall–Kier alpha value is -1.94. The number of hydrogen-bond acceptors (Lipinski definition) is 2. The Morgan fingerprint density at radius 3 is 2.63 bits per heavy atom. The number of nitrogens with zero attached hydrogens (tertiary/aromatic N) is 1. The summed E-state index contributed by atoms with van der Waals surface area (Å²) < 4.78 is 13.4. The largest absolute Gasteiger partial charge is 0.320 e. The van der Waals surface area contributed by atoms with Crippen molar-refractivity contribution in [1.82, 2.24) is 4.98 Å². The molecule has 2 rings (SSSR count). The molecule has 0 aliphatic heterocycles. The van der Waals surface area contributed by atoms with Crippen LogP contribution in [-0.4, -0.2) is 10.9 Å². The van der Waals surface area contributed by atoms with E-state index in [1.54, 1.807) is 32.0 Å². The Labute approximate surface area is 115 Å². The van der Waals surface area contributed by atoms with E-state index < -0.39 is 5.82 Å². The van der Waals surface area contributed by atoms with Crippen molar-refractivity contribution in [1.29, 1.82) is 0 Å². The summed E-state index contributed by atoms with van der Waals surface area (Å²) in [6, 6.07) is 6.00. The highest BCUT2D eigenvalue weighted by molar-refractivity contribution is 6.29. The third-order valence-electron chi connectivity index (χ3n) is 2.76. The first kappa shape index (κ1) is 13.5. The van der Waals surface area contributed by atoms with Crippen LogP contribution < -0.4 is 5.32 Å². The van der Waals surface area contributed by atoms with Crippen LogP contribution in [0.15, 0.2) is 30.5 Å². The van der Waals surface area contributed by atoms with Gasteiger partial charge in [-0.25, -0.2) is 9.37 Å². The molecule has 3 nitrogen and oxygen atoms in total. The molecule has 0 fully saturated rings. The molecule has 0 aliphatic carbocycles. The van der Waals surface area contributed by atoms with Gasteiger partial charge in [0.1, 0.15) is 11.0 Å². The number of aromatic nitrogens is 1. The van der Waals surface area contributed by atoms with Crippen molar-refractivity contribution >= 4 is 23.2 Å². The van der Waals surface area contributed by atoms with E-state index in [1.807, 2.05) is 0 Å². The van der Waals surface area contributed by atoms with E-state index in [-0.39, 0.29) is 11.5 Å². The van der Waals surface area contributed by atoms with Gasteiger partial charge < -0.3 is 5.32 Å². The fraction of sp³-hybridized carbons (Fsp3) is 0.143. The average molecular weight is 279 g/mol. The summed E-state index contributed by atoms with van der Waals surface area (Å²) in [6.45, 7) is 3.45. The molecule has 5 heteroatoms. The van der Waals surface area contributed by atoms with Crippen molar-refractivity contribution in [2.45, 2.75) is 13.8 Å². The number of nitrogens with one attached hydrogen (secondary N) is 1. The van der Waals surface area contributed by atoms with Crippen LogP contribution in [0.4, 0.5) is 10.1 Å². The lowest BCUT2D eigenvalue weighted by Gasteiger charge is -2.08. The van der Waals surface area contributed by atoms with Gasteiger partial charge in [-0.2, -0.15) is 0 Å². The molecular formula is C14H12ClFN2O. The predicted molar refractivity (Wildman–Crippen MR) is 73.1 cm³/mol. The van der Waals surface area contributed by atoms with Crippen LogP contribution >= 0.6 is 11.6 Å². The van der Waals surface area contributed by atoms with Crippen molar-refractivity contribution in [3.05, 3.63) is 58.1 Å². The maximum atomic E-state index is 13.4. The maximum absolute atomic E-state index is 13.4. The summed E-state index contributed by atoms with van der Waals surface area (Å²) >= 11 is 5.74. The highest BCUT2D eigenvalue weighted by Gasteiger charge is 2.10. The number of halogens is 2. The molecule has 0 bridgehead atoms. The van der Waals surface area contributed by atoms with E-state index >= 15 is 0 Å². The molecule has 1 aromatic carbocycles. The van der Waals surface area contributed by atoms with Crippen molar-refractivity contribution in [3.63, 3.8) is 0 Å². The minimum absolute atomic E-state index is 0.262. The minimum Gasteiger partial charge on any atom is -0.320 e. The lowest BCUT2D eigenvalue weighted by molar-refractivity contribution is 0.102. The Balaban J connectivity index is 2.23. The van der Waals surface area contributed by atoms with Crippen molar-refractivity contribution < 1.29 is 9.18 Å². The number of hydrogen-bond donors (Lipinski definition) is 1. The summed E-state index contributed by atoms with van der Waals surface area (Å²) in [5.41, 5.74) is 2.11. The number of anilines is 1. The minimum atomic E-state index is -0.404. The van der Waals surface area contributed by atoms with Crippen LogP contribution in [0, 0.1) is 19.7 Å². The van der Waals surface area contributed by atoms with Gasteiger partial charge in [-0.1, -0.05) is 17.7 Å². The number of benzene rings is 1. The SMILES string of the molecule is Cc1ccc(C(=O)Nc2cnc(Cl)cc2C)cc1F. The van der Waals surface area contributed by atoms with Crippen LogP contribution in [0.1, 0.15) is 21.5 Å². The molecule has 2 aromatic rings. The third-order valence-corrected chi connectivity index (χ3v) is 2.97. The molecule has 0 spiro atoms. The standard InChI is InChI=1S/C14H12ClFN2O/c1-8-3-4-10(6-11(8)16)14(19)18-12-7-17-13(15)5-9(12)2/h3-7H,1-2H3,(H,18,19). The van der Waals surface area contributed by atoms with Crippen molar-refractivity contribution in [2.75, 3.05) is 5.32 Å². The molecule has 1 N–H and O–H groups in total. The summed E-state index contributed by atoms with van der Waals surface area (Å²) in [4.78, 5) is 15.9. The maximum Gasteiger partial charge on any atom is 0.255 e. The number of amides is 1. The number of carbonyl (C=O) groups excluding carboxylic acids is 1. The van der Waals surface area contributed by atoms with Crippen LogP contribution in [0.5, 0.6) is 0 Å². The van der Waals surface area contributed by atoms with E-state index in [1.165, 1.54) is 12.3 Å². The molecule has 0 radical (unpaired) electrons. The first-order chi connectivity index (χ1) is 8.97. The van der Waals surface area contributed by atoms with Crippen molar-refractivity contribution in [2.24, 2.45) is 0 Å². The lowest BCUT2D eigenvalue weighted by atomic mass is 10.1. The molecule has 0 aliphatic rings. The molecule has 1 amide bonds. The number of pyridine rings is 1. The predicted octanol–water partition coefficient (Wildman–Crippen LogP) is 3.74. The van der Waals surface area contributed by atoms with E-state index in [4.69, 9.17) is 11.6 Å². The molecule has 19 heavy (non-hydrogen) atoms. The van der Waals surface area contributed by atoms with E-state index in [0.29, 0.717) is 16.4 Å². The Kier molecular flexibility index (Phi) is 3.81. The molecular weight excluding hydrogens is 267 g/mol. The molecule has 1 heterocycles. The van der Waals surface area contributed by atoms with Crippen LogP contribution in [0.2, 0.25) is 5.15 Å². The molecule has 0 saturated carbocycles. The number of rotatable bonds is 2. The fourth-order valence-corrected chi connectivity index (χ4v) is 1.79. The van der Waals surface area contributed by atoms with Gasteiger partial charge in [0.25, 0.3) is 5.91 Å². The van der Waals surface area contributed by atoms with Gasteiger partial charge in [-0.05, 0) is 43.2 Å². The van der Waals surface area contributed by atoms with E-state index in [0.717, 1.165) is 5.56 Å². The van der Waals surface area contributed by atoms with Crippen LogP contribution in [0.25, 0.3) is 0 Å². The highest BCUT2D eigenvalue weighted by Crippen LogP contribution is 2.18. The van der Waals surface area contributed by atoms with Crippen molar-refractivity contribution in [3.8, 4) is 0 Å². The smallest absolute Gasteiger partial charge is 0.255 e. The van der Waals surface area contributed by atoms with Gasteiger partial charge in [0.2, 0.25) is 0 Å². The second kappa shape index (κ2) is 5.36. The summed E-state index contributed by atoms with van der Waals surface area (Å²) in [7, 11) is 0. The molecule has 0 atom stereocenters. The second-order valence-corrected chi connectivity index (χ2v) is 4.63. The lowest BCUT2D eigenvalue weighted by Crippen LogP contribution is -2.13. The quantitative estimate of drug-likeness (QED) is 0.850. The van der Waals surface area contributed by atoms with Gasteiger partial charge in [-0.3, -0.25) is 4.79 Å². The Bertz CT molecular complexity index is 643. The third kappa shape index (κ3) is 3.09. The normalized spacial score (nSPS) is 10.3. The molecule has 0 unspecified atom stereocenters. The summed E-state index contributed by atoms with van der Waals surface area (Å²) in [6.07, 6.45) is 1.47. The van der Waals surface area contributed by atoms with Gasteiger partial charge in [0.15, 0.2) is 0 Å². The Morgan fingerprint density at radius 1 is 1.26 bits per heavy atom. The monoisotopic (exact) mass is 278 g/mol. The second-order valence-electron chi connectivity index (χ2n) is 4.24. The summed E-state index contributed by atoms with van der Waals surface area (Å²) in [5, 5.41) is 3.03. The topological polar surface area (TPSA) is 42.0 Å². The highest BCUT2D eigenvalue weighted by atomic mass is 35.5. The fourth-order valence-electron chi connectivity index (χ4n) is 1.58. The zero-order valence-corrected chi connectivity index (χ0v) is 11.3. The zero-order chi connectivity index (χ0) is 14.0. The molecule has 98 valence electrons. The molecule has 0 saturated heterocycles.